The van der Waals surface area contributed by atoms with E-state index in [4.69, 9.17) is 14.2 Å². The standard InChI is InChI=1S/C15H21NO4/c1-4-10(2)14(15(17)18-3)16-8-11-5-6-12-13(7-11)20-9-19-12/h5-7,10,14,16H,4,8-9H2,1-3H3. The molecule has 0 aliphatic carbocycles. The van der Waals surface area contributed by atoms with E-state index in [0.29, 0.717) is 6.54 Å². The fraction of sp³-hybridized carbons (Fsp3) is 0.533. The topological polar surface area (TPSA) is 56.8 Å². The van der Waals surface area contributed by atoms with Crippen LogP contribution < -0.4 is 14.8 Å². The number of nitrogens with one attached hydrogen (secondary N) is 1. The maximum absolute atomic E-state index is 11.8. The Morgan fingerprint density at radius 3 is 2.85 bits per heavy atom. The third kappa shape index (κ3) is 3.22. The van der Waals surface area contributed by atoms with Gasteiger partial charge < -0.3 is 19.5 Å². The summed E-state index contributed by atoms with van der Waals surface area (Å²) < 4.78 is 15.5. The van der Waals surface area contributed by atoms with Crippen LogP contribution in [0.2, 0.25) is 0 Å². The van der Waals surface area contributed by atoms with Gasteiger partial charge in [-0.15, -0.1) is 0 Å². The number of carbonyl (C=O) groups is 1. The molecule has 2 atom stereocenters. The molecule has 0 amide bonds. The summed E-state index contributed by atoms with van der Waals surface area (Å²) in [5.74, 6) is 1.51. The molecule has 0 aromatic heterocycles. The van der Waals surface area contributed by atoms with Gasteiger partial charge >= 0.3 is 5.97 Å². The lowest BCUT2D eigenvalue weighted by Gasteiger charge is -2.22. The normalized spacial score (nSPS) is 15.8. The lowest BCUT2D eigenvalue weighted by Crippen LogP contribution is -2.42. The van der Waals surface area contributed by atoms with Gasteiger partial charge in [-0.25, -0.2) is 0 Å². The summed E-state index contributed by atoms with van der Waals surface area (Å²) in [4.78, 5) is 11.8. The molecule has 0 spiro atoms. The van der Waals surface area contributed by atoms with Gasteiger partial charge in [0.25, 0.3) is 0 Å². The summed E-state index contributed by atoms with van der Waals surface area (Å²) in [6.07, 6.45) is 0.911. The number of hydrogen-bond acceptors (Lipinski definition) is 5. The summed E-state index contributed by atoms with van der Waals surface area (Å²) in [6.45, 7) is 4.95. The molecule has 0 fully saturated rings. The summed E-state index contributed by atoms with van der Waals surface area (Å²) >= 11 is 0. The van der Waals surface area contributed by atoms with Crippen molar-refractivity contribution < 1.29 is 19.0 Å². The number of carbonyl (C=O) groups excluding carboxylic acids is 1. The highest BCUT2D eigenvalue weighted by molar-refractivity contribution is 5.76. The second kappa shape index (κ2) is 6.61. The fourth-order valence-electron chi connectivity index (χ4n) is 2.16. The van der Waals surface area contributed by atoms with E-state index in [-0.39, 0.29) is 24.7 Å². The van der Waals surface area contributed by atoms with Crippen molar-refractivity contribution in [1.82, 2.24) is 5.32 Å². The van der Waals surface area contributed by atoms with Gasteiger partial charge in [-0.1, -0.05) is 26.3 Å². The Hall–Kier alpha value is -1.75. The van der Waals surface area contributed by atoms with Crippen LogP contribution in [0.25, 0.3) is 0 Å². The van der Waals surface area contributed by atoms with Gasteiger partial charge in [-0.2, -0.15) is 0 Å². The molecule has 0 saturated heterocycles. The predicted molar refractivity (Wildman–Crippen MR) is 74.7 cm³/mol. The molecule has 2 unspecified atom stereocenters. The quantitative estimate of drug-likeness (QED) is 0.808. The zero-order valence-electron chi connectivity index (χ0n) is 12.1. The van der Waals surface area contributed by atoms with Crippen molar-refractivity contribution in [2.45, 2.75) is 32.9 Å². The summed E-state index contributed by atoms with van der Waals surface area (Å²) in [7, 11) is 1.42. The Kier molecular flexibility index (Phi) is 4.84. The Balaban J connectivity index is 2.00. The van der Waals surface area contributed by atoms with Crippen molar-refractivity contribution in [3.8, 4) is 11.5 Å². The van der Waals surface area contributed by atoms with Gasteiger partial charge in [0.2, 0.25) is 6.79 Å². The molecule has 0 radical (unpaired) electrons. The largest absolute Gasteiger partial charge is 0.468 e. The minimum absolute atomic E-state index is 0.219. The number of esters is 1. The summed E-state index contributed by atoms with van der Waals surface area (Å²) in [6, 6.07) is 5.48. The number of benzene rings is 1. The van der Waals surface area contributed by atoms with E-state index in [2.05, 4.69) is 12.2 Å². The van der Waals surface area contributed by atoms with Crippen LogP contribution in [0.3, 0.4) is 0 Å². The van der Waals surface area contributed by atoms with Crippen molar-refractivity contribution in [1.29, 1.82) is 0 Å². The zero-order chi connectivity index (χ0) is 14.5. The Labute approximate surface area is 119 Å². The average Bonchev–Trinajstić information content (AvgIpc) is 2.94. The lowest BCUT2D eigenvalue weighted by atomic mass is 9.99. The number of rotatable bonds is 6. The number of ether oxygens (including phenoxy) is 3. The molecule has 1 aromatic carbocycles. The van der Waals surface area contributed by atoms with Crippen molar-refractivity contribution in [3.63, 3.8) is 0 Å². The van der Waals surface area contributed by atoms with E-state index in [9.17, 15) is 4.79 Å². The van der Waals surface area contributed by atoms with E-state index in [0.717, 1.165) is 23.5 Å². The molecule has 2 rings (SSSR count). The van der Waals surface area contributed by atoms with E-state index >= 15 is 0 Å². The van der Waals surface area contributed by atoms with Crippen molar-refractivity contribution in [3.05, 3.63) is 23.8 Å². The van der Waals surface area contributed by atoms with Crippen LogP contribution in [0, 0.1) is 5.92 Å². The Morgan fingerprint density at radius 1 is 1.40 bits per heavy atom. The van der Waals surface area contributed by atoms with Crippen LogP contribution in [0.5, 0.6) is 11.5 Å². The van der Waals surface area contributed by atoms with Crippen LogP contribution in [-0.2, 0) is 16.1 Å². The maximum Gasteiger partial charge on any atom is 0.323 e. The molecule has 0 saturated carbocycles. The Morgan fingerprint density at radius 2 is 2.15 bits per heavy atom. The minimum atomic E-state index is -0.296. The van der Waals surface area contributed by atoms with Crippen molar-refractivity contribution >= 4 is 5.97 Å². The monoisotopic (exact) mass is 279 g/mol. The second-order valence-corrected chi connectivity index (χ2v) is 4.95. The number of fused-ring (bicyclic) bond motifs is 1. The molecule has 1 N–H and O–H groups in total. The van der Waals surface area contributed by atoms with Gasteiger partial charge in [-0.3, -0.25) is 4.79 Å². The van der Waals surface area contributed by atoms with E-state index in [1.54, 1.807) is 0 Å². The Bertz CT molecular complexity index is 475. The third-order valence-corrected chi connectivity index (χ3v) is 3.63. The van der Waals surface area contributed by atoms with Crippen molar-refractivity contribution in [2.24, 2.45) is 5.92 Å². The highest BCUT2D eigenvalue weighted by atomic mass is 16.7. The molecule has 1 heterocycles. The van der Waals surface area contributed by atoms with Crippen LogP contribution in [0.15, 0.2) is 18.2 Å². The molecular formula is C15H21NO4. The van der Waals surface area contributed by atoms with Gasteiger partial charge in [0.15, 0.2) is 11.5 Å². The van der Waals surface area contributed by atoms with E-state index < -0.39 is 0 Å². The zero-order valence-corrected chi connectivity index (χ0v) is 12.1. The third-order valence-electron chi connectivity index (χ3n) is 3.63. The number of methoxy groups -OCH3 is 1. The van der Waals surface area contributed by atoms with Crippen LogP contribution in [0.4, 0.5) is 0 Å². The molecule has 1 aliphatic heterocycles. The number of hydrogen-bond donors (Lipinski definition) is 1. The lowest BCUT2D eigenvalue weighted by molar-refractivity contribution is -0.144. The summed E-state index contributed by atoms with van der Waals surface area (Å²) in [5.41, 5.74) is 1.05. The SMILES string of the molecule is CCC(C)C(NCc1ccc2c(c1)OCO2)C(=O)OC. The summed E-state index contributed by atoms with van der Waals surface area (Å²) in [5, 5.41) is 3.26. The van der Waals surface area contributed by atoms with Gasteiger partial charge in [0.05, 0.1) is 7.11 Å². The van der Waals surface area contributed by atoms with Gasteiger partial charge in [-0.05, 0) is 23.6 Å². The first kappa shape index (κ1) is 14.7. The van der Waals surface area contributed by atoms with Gasteiger partial charge in [0, 0.05) is 6.54 Å². The average molecular weight is 279 g/mol. The first-order chi connectivity index (χ1) is 9.65. The van der Waals surface area contributed by atoms with Crippen LogP contribution in [-0.4, -0.2) is 25.9 Å². The van der Waals surface area contributed by atoms with Crippen molar-refractivity contribution in [2.75, 3.05) is 13.9 Å². The molecule has 1 aromatic rings. The molecule has 110 valence electrons. The molecule has 20 heavy (non-hydrogen) atoms. The van der Waals surface area contributed by atoms with Gasteiger partial charge in [0.1, 0.15) is 6.04 Å². The smallest absolute Gasteiger partial charge is 0.323 e. The maximum atomic E-state index is 11.8. The molecule has 0 bridgehead atoms. The molecule has 5 nitrogen and oxygen atoms in total. The van der Waals surface area contributed by atoms with E-state index in [1.807, 2.05) is 25.1 Å². The second-order valence-electron chi connectivity index (χ2n) is 4.95. The minimum Gasteiger partial charge on any atom is -0.468 e. The first-order valence-corrected chi connectivity index (χ1v) is 6.85. The predicted octanol–water partition coefficient (Wildman–Crippen LogP) is 2.09. The molecule has 5 heteroatoms. The molecule has 1 aliphatic rings. The van der Waals surface area contributed by atoms with E-state index in [1.165, 1.54) is 7.11 Å². The highest BCUT2D eigenvalue weighted by Gasteiger charge is 2.24. The van der Waals surface area contributed by atoms with Crippen LogP contribution >= 0.6 is 0 Å². The van der Waals surface area contributed by atoms with Crippen LogP contribution in [0.1, 0.15) is 25.8 Å². The molecular weight excluding hydrogens is 258 g/mol. The highest BCUT2D eigenvalue weighted by Crippen LogP contribution is 2.32. The fourth-order valence-corrected chi connectivity index (χ4v) is 2.16. The first-order valence-electron chi connectivity index (χ1n) is 6.85.